The Labute approximate surface area is 99.9 Å². The molecule has 16 heavy (non-hydrogen) atoms. The van der Waals surface area contributed by atoms with Gasteiger partial charge in [0.25, 0.3) is 0 Å². The van der Waals surface area contributed by atoms with E-state index in [2.05, 4.69) is 5.32 Å². The monoisotopic (exact) mass is 242 g/mol. The van der Waals surface area contributed by atoms with Gasteiger partial charge in [-0.1, -0.05) is 0 Å². The summed E-state index contributed by atoms with van der Waals surface area (Å²) in [7, 11) is 0. The SMILES string of the molecule is CCN(CC)C(=O)NC[C@H](O)c1ccsc1. The fourth-order valence-corrected chi connectivity index (χ4v) is 2.10. The molecule has 0 spiro atoms. The van der Waals surface area contributed by atoms with Crippen LogP contribution < -0.4 is 5.32 Å². The summed E-state index contributed by atoms with van der Waals surface area (Å²) in [5.74, 6) is 0. The van der Waals surface area contributed by atoms with Gasteiger partial charge in [0.2, 0.25) is 0 Å². The van der Waals surface area contributed by atoms with Crippen LogP contribution in [0.4, 0.5) is 4.79 Å². The second-order valence-corrected chi connectivity index (χ2v) is 4.21. The van der Waals surface area contributed by atoms with Crippen LogP contribution in [0.15, 0.2) is 16.8 Å². The third kappa shape index (κ3) is 3.50. The third-order valence-electron chi connectivity index (χ3n) is 2.43. The average Bonchev–Trinajstić information content (AvgIpc) is 2.81. The van der Waals surface area contributed by atoms with Gasteiger partial charge in [-0.2, -0.15) is 11.3 Å². The Balaban J connectivity index is 2.37. The largest absolute Gasteiger partial charge is 0.387 e. The number of thiophene rings is 1. The average molecular weight is 242 g/mol. The first-order chi connectivity index (χ1) is 7.69. The van der Waals surface area contributed by atoms with Crippen molar-refractivity contribution in [3.8, 4) is 0 Å². The Morgan fingerprint density at radius 1 is 1.56 bits per heavy atom. The zero-order valence-electron chi connectivity index (χ0n) is 9.64. The number of carbonyl (C=O) groups excluding carboxylic acids is 1. The summed E-state index contributed by atoms with van der Waals surface area (Å²) in [6, 6.07) is 1.73. The molecular formula is C11H18N2O2S. The molecule has 0 aliphatic rings. The molecule has 2 N–H and O–H groups in total. The van der Waals surface area contributed by atoms with E-state index in [1.165, 1.54) is 11.3 Å². The van der Waals surface area contributed by atoms with Gasteiger partial charge in [0.15, 0.2) is 0 Å². The molecule has 5 heteroatoms. The van der Waals surface area contributed by atoms with E-state index in [1.54, 1.807) is 4.90 Å². The van der Waals surface area contributed by atoms with E-state index < -0.39 is 6.10 Å². The lowest BCUT2D eigenvalue weighted by atomic mass is 10.2. The first-order valence-electron chi connectivity index (χ1n) is 5.42. The van der Waals surface area contributed by atoms with Gasteiger partial charge in [0, 0.05) is 19.6 Å². The van der Waals surface area contributed by atoms with E-state index in [1.807, 2.05) is 30.7 Å². The minimum absolute atomic E-state index is 0.126. The molecule has 1 rings (SSSR count). The summed E-state index contributed by atoms with van der Waals surface area (Å²) in [4.78, 5) is 13.3. The molecule has 0 fully saturated rings. The first kappa shape index (κ1) is 13.0. The Kier molecular flexibility index (Phi) is 5.28. The second-order valence-electron chi connectivity index (χ2n) is 3.43. The predicted molar refractivity (Wildman–Crippen MR) is 65.6 cm³/mol. The quantitative estimate of drug-likeness (QED) is 0.827. The van der Waals surface area contributed by atoms with Gasteiger partial charge in [-0.3, -0.25) is 0 Å². The fourth-order valence-electron chi connectivity index (χ4n) is 1.39. The Hall–Kier alpha value is -1.07. The molecule has 2 amide bonds. The molecule has 1 aromatic rings. The maximum absolute atomic E-state index is 11.6. The van der Waals surface area contributed by atoms with Crippen LogP contribution in [0.25, 0.3) is 0 Å². The molecule has 0 aromatic carbocycles. The molecule has 90 valence electrons. The minimum Gasteiger partial charge on any atom is -0.387 e. The zero-order valence-corrected chi connectivity index (χ0v) is 10.5. The smallest absolute Gasteiger partial charge is 0.317 e. The summed E-state index contributed by atoms with van der Waals surface area (Å²) in [6.07, 6.45) is -0.620. The van der Waals surface area contributed by atoms with E-state index in [9.17, 15) is 9.90 Å². The van der Waals surface area contributed by atoms with Crippen molar-refractivity contribution in [3.05, 3.63) is 22.4 Å². The van der Waals surface area contributed by atoms with E-state index in [4.69, 9.17) is 0 Å². The summed E-state index contributed by atoms with van der Waals surface area (Å²) in [5.41, 5.74) is 0.852. The van der Waals surface area contributed by atoms with Crippen molar-refractivity contribution in [1.29, 1.82) is 0 Å². The van der Waals surface area contributed by atoms with Gasteiger partial charge in [0.05, 0.1) is 6.10 Å². The lowest BCUT2D eigenvalue weighted by Crippen LogP contribution is -2.41. The summed E-state index contributed by atoms with van der Waals surface area (Å²) in [5, 5.41) is 16.3. The van der Waals surface area contributed by atoms with Crippen LogP contribution >= 0.6 is 11.3 Å². The van der Waals surface area contributed by atoms with Gasteiger partial charge in [-0.25, -0.2) is 4.79 Å². The summed E-state index contributed by atoms with van der Waals surface area (Å²) in [6.45, 7) is 5.47. The minimum atomic E-state index is -0.620. The van der Waals surface area contributed by atoms with Crippen LogP contribution in [-0.4, -0.2) is 35.7 Å². The molecule has 0 radical (unpaired) electrons. The highest BCUT2D eigenvalue weighted by atomic mass is 32.1. The summed E-state index contributed by atoms with van der Waals surface area (Å²) >= 11 is 1.53. The number of aliphatic hydroxyl groups is 1. The van der Waals surface area contributed by atoms with Crippen LogP contribution in [0.3, 0.4) is 0 Å². The van der Waals surface area contributed by atoms with Crippen LogP contribution in [-0.2, 0) is 0 Å². The Morgan fingerprint density at radius 2 is 2.25 bits per heavy atom. The van der Waals surface area contributed by atoms with Gasteiger partial charge in [-0.15, -0.1) is 0 Å². The van der Waals surface area contributed by atoms with Crippen molar-refractivity contribution in [2.75, 3.05) is 19.6 Å². The van der Waals surface area contributed by atoms with E-state index in [0.717, 1.165) is 5.56 Å². The Morgan fingerprint density at radius 3 is 2.75 bits per heavy atom. The molecule has 4 nitrogen and oxygen atoms in total. The molecule has 0 aliphatic heterocycles. The number of carbonyl (C=O) groups is 1. The Bertz CT molecular complexity index is 310. The lowest BCUT2D eigenvalue weighted by molar-refractivity contribution is 0.164. The number of nitrogens with one attached hydrogen (secondary N) is 1. The topological polar surface area (TPSA) is 52.6 Å². The van der Waals surface area contributed by atoms with Gasteiger partial charge in [-0.05, 0) is 36.2 Å². The number of hydrogen-bond acceptors (Lipinski definition) is 3. The lowest BCUT2D eigenvalue weighted by Gasteiger charge is -2.20. The van der Waals surface area contributed by atoms with E-state index >= 15 is 0 Å². The molecule has 0 unspecified atom stereocenters. The molecular weight excluding hydrogens is 224 g/mol. The van der Waals surface area contributed by atoms with Gasteiger partial charge < -0.3 is 15.3 Å². The zero-order chi connectivity index (χ0) is 12.0. The number of nitrogens with zero attached hydrogens (tertiary/aromatic N) is 1. The molecule has 0 bridgehead atoms. The fraction of sp³-hybridized carbons (Fsp3) is 0.545. The van der Waals surface area contributed by atoms with Crippen molar-refractivity contribution in [3.63, 3.8) is 0 Å². The van der Waals surface area contributed by atoms with Crippen molar-refractivity contribution in [2.45, 2.75) is 20.0 Å². The third-order valence-corrected chi connectivity index (χ3v) is 3.13. The molecule has 1 aromatic heterocycles. The van der Waals surface area contributed by atoms with Crippen LogP contribution in [0.2, 0.25) is 0 Å². The first-order valence-corrected chi connectivity index (χ1v) is 6.36. The maximum Gasteiger partial charge on any atom is 0.317 e. The van der Waals surface area contributed by atoms with Crippen molar-refractivity contribution >= 4 is 17.4 Å². The van der Waals surface area contributed by atoms with Crippen LogP contribution in [0, 0.1) is 0 Å². The predicted octanol–water partition coefficient (Wildman–Crippen LogP) is 1.83. The van der Waals surface area contributed by atoms with Crippen molar-refractivity contribution < 1.29 is 9.90 Å². The molecule has 0 saturated heterocycles. The number of aliphatic hydroxyl groups excluding tert-OH is 1. The molecule has 0 aliphatic carbocycles. The highest BCUT2D eigenvalue weighted by Gasteiger charge is 2.12. The van der Waals surface area contributed by atoms with E-state index in [0.29, 0.717) is 13.1 Å². The number of urea groups is 1. The van der Waals surface area contributed by atoms with Gasteiger partial charge in [0.1, 0.15) is 0 Å². The molecule has 1 atom stereocenters. The van der Waals surface area contributed by atoms with Crippen LogP contribution in [0.5, 0.6) is 0 Å². The highest BCUT2D eigenvalue weighted by molar-refractivity contribution is 7.07. The number of amides is 2. The summed E-state index contributed by atoms with van der Waals surface area (Å²) < 4.78 is 0. The normalized spacial score (nSPS) is 12.2. The highest BCUT2D eigenvalue weighted by Crippen LogP contribution is 2.14. The van der Waals surface area contributed by atoms with Gasteiger partial charge >= 0.3 is 6.03 Å². The molecule has 0 saturated carbocycles. The van der Waals surface area contributed by atoms with Crippen molar-refractivity contribution in [1.82, 2.24) is 10.2 Å². The van der Waals surface area contributed by atoms with E-state index in [-0.39, 0.29) is 12.6 Å². The number of rotatable bonds is 5. The maximum atomic E-state index is 11.6. The second kappa shape index (κ2) is 6.50. The van der Waals surface area contributed by atoms with Crippen molar-refractivity contribution in [2.24, 2.45) is 0 Å². The van der Waals surface area contributed by atoms with Crippen LogP contribution in [0.1, 0.15) is 25.5 Å². The molecule has 1 heterocycles. The standard InChI is InChI=1S/C11H18N2O2S/c1-3-13(4-2)11(15)12-7-10(14)9-5-6-16-8-9/h5-6,8,10,14H,3-4,7H2,1-2H3,(H,12,15)/t10-/m0/s1. The number of hydrogen-bond donors (Lipinski definition) is 2.